The maximum absolute atomic E-state index is 10.3. The number of hydrogen-bond donors (Lipinski definition) is 1. The summed E-state index contributed by atoms with van der Waals surface area (Å²) in [6, 6.07) is 6.35. The number of nitriles is 1. The molecular formula is C18H23NO2S2. The number of carboxylic acids is 1. The normalized spacial score (nSPS) is 12.6. The third-order valence-electron chi connectivity index (χ3n) is 3.70. The minimum atomic E-state index is -0.711. The van der Waals surface area contributed by atoms with E-state index < -0.39 is 5.97 Å². The van der Waals surface area contributed by atoms with Gasteiger partial charge in [0.25, 0.3) is 0 Å². The molecule has 0 aliphatic carbocycles. The van der Waals surface area contributed by atoms with Crippen LogP contribution in [0.2, 0.25) is 0 Å². The number of thiophene rings is 2. The van der Waals surface area contributed by atoms with Gasteiger partial charge in [-0.05, 0) is 69.5 Å². The van der Waals surface area contributed by atoms with Crippen LogP contribution in [-0.2, 0) is 4.79 Å². The lowest BCUT2D eigenvalue weighted by Gasteiger charge is -2.06. The van der Waals surface area contributed by atoms with Gasteiger partial charge in [0.15, 0.2) is 0 Å². The highest BCUT2D eigenvalue weighted by atomic mass is 32.1. The van der Waals surface area contributed by atoms with Crippen molar-refractivity contribution < 1.29 is 9.90 Å². The molecule has 0 saturated carbocycles. The number of carboxylic acid groups (broad SMARTS) is 1. The molecule has 2 unspecified atom stereocenters. The molecule has 2 aromatic heterocycles. The highest BCUT2D eigenvalue weighted by Crippen LogP contribution is 2.23. The molecule has 0 aliphatic heterocycles. The summed E-state index contributed by atoms with van der Waals surface area (Å²) in [5.74, 6) is 0.199. The minimum absolute atomic E-state index is 0.261. The van der Waals surface area contributed by atoms with Crippen LogP contribution in [0.3, 0.4) is 0 Å². The smallest absolute Gasteiger partial charge is 0.303 e. The molecule has 2 atom stereocenters. The molecule has 2 aromatic rings. The van der Waals surface area contributed by atoms with Crippen molar-refractivity contribution in [2.24, 2.45) is 0 Å². The van der Waals surface area contributed by atoms with E-state index in [9.17, 15) is 4.79 Å². The van der Waals surface area contributed by atoms with Crippen molar-refractivity contribution in [3.63, 3.8) is 0 Å². The van der Waals surface area contributed by atoms with Crippen molar-refractivity contribution in [3.8, 4) is 6.07 Å². The highest BCUT2D eigenvalue weighted by Gasteiger charge is 2.07. The van der Waals surface area contributed by atoms with Crippen LogP contribution in [-0.4, -0.2) is 11.1 Å². The average Bonchev–Trinajstić information content (AvgIpc) is 3.23. The lowest BCUT2D eigenvalue weighted by molar-refractivity contribution is -0.137. The lowest BCUT2D eigenvalue weighted by atomic mass is 9.99. The van der Waals surface area contributed by atoms with Crippen LogP contribution in [0.4, 0.5) is 0 Å². The highest BCUT2D eigenvalue weighted by molar-refractivity contribution is 7.08. The molecule has 0 spiro atoms. The minimum Gasteiger partial charge on any atom is -0.481 e. The monoisotopic (exact) mass is 349 g/mol. The Morgan fingerprint density at radius 1 is 1.13 bits per heavy atom. The van der Waals surface area contributed by atoms with Crippen LogP contribution in [0.25, 0.3) is 0 Å². The van der Waals surface area contributed by atoms with Crippen LogP contribution < -0.4 is 0 Å². The van der Waals surface area contributed by atoms with Crippen molar-refractivity contribution in [3.05, 3.63) is 44.8 Å². The fourth-order valence-corrected chi connectivity index (χ4v) is 3.63. The van der Waals surface area contributed by atoms with Gasteiger partial charge in [0.05, 0.1) is 6.07 Å². The standard InChI is InChI=1S/C9H11NS.C9H12O2S/c1-8(3-2-5-10)9-4-6-11-7-9;1-7(2-3-9(10)11)8-4-5-12-6-8/h4,6-8H,2-3H2,1H3;4-7H,2-3H2,1H3,(H,10,11). The SMILES string of the molecule is CC(CCC#N)c1ccsc1.CC(CCC(=O)O)c1ccsc1. The van der Waals surface area contributed by atoms with Gasteiger partial charge in [-0.25, -0.2) is 0 Å². The molecule has 2 rings (SSSR count). The van der Waals surface area contributed by atoms with Gasteiger partial charge in [0.2, 0.25) is 0 Å². The number of aliphatic carboxylic acids is 1. The van der Waals surface area contributed by atoms with E-state index in [1.807, 2.05) is 5.38 Å². The fourth-order valence-electron chi connectivity index (χ4n) is 2.07. The van der Waals surface area contributed by atoms with Crippen LogP contribution >= 0.6 is 22.7 Å². The van der Waals surface area contributed by atoms with Crippen LogP contribution in [0.15, 0.2) is 33.7 Å². The summed E-state index contributed by atoms with van der Waals surface area (Å²) in [5, 5.41) is 25.2. The Kier molecular flexibility index (Phi) is 9.27. The van der Waals surface area contributed by atoms with Gasteiger partial charge in [-0.15, -0.1) is 0 Å². The van der Waals surface area contributed by atoms with Gasteiger partial charge in [-0.3, -0.25) is 4.79 Å². The molecule has 0 aromatic carbocycles. The molecule has 23 heavy (non-hydrogen) atoms. The van der Waals surface area contributed by atoms with Gasteiger partial charge in [-0.1, -0.05) is 13.8 Å². The topological polar surface area (TPSA) is 61.1 Å². The Morgan fingerprint density at radius 2 is 1.65 bits per heavy atom. The number of hydrogen-bond acceptors (Lipinski definition) is 4. The molecule has 0 bridgehead atoms. The zero-order valence-corrected chi connectivity index (χ0v) is 15.2. The molecule has 5 heteroatoms. The van der Waals surface area contributed by atoms with Crippen molar-refractivity contribution >= 4 is 28.6 Å². The molecule has 124 valence electrons. The molecule has 0 fully saturated rings. The summed E-state index contributed by atoms with van der Waals surface area (Å²) in [6.07, 6.45) is 2.63. The Hall–Kier alpha value is -1.64. The summed E-state index contributed by atoms with van der Waals surface area (Å²) in [7, 11) is 0. The molecule has 2 heterocycles. The Bertz CT molecular complexity index is 585. The first kappa shape index (κ1) is 19.4. The lowest BCUT2D eigenvalue weighted by Crippen LogP contribution is -1.98. The first-order chi connectivity index (χ1) is 11.0. The summed E-state index contributed by atoms with van der Waals surface area (Å²) in [4.78, 5) is 10.3. The van der Waals surface area contributed by atoms with Gasteiger partial charge in [0.1, 0.15) is 0 Å². The zero-order valence-electron chi connectivity index (χ0n) is 13.6. The summed E-state index contributed by atoms with van der Waals surface area (Å²) >= 11 is 3.37. The Morgan fingerprint density at radius 3 is 2.04 bits per heavy atom. The molecule has 0 saturated heterocycles. The van der Waals surface area contributed by atoms with E-state index in [2.05, 4.69) is 48.2 Å². The molecule has 3 nitrogen and oxygen atoms in total. The van der Waals surface area contributed by atoms with Crippen LogP contribution in [0.5, 0.6) is 0 Å². The summed E-state index contributed by atoms with van der Waals surface area (Å²) in [6.45, 7) is 4.23. The van der Waals surface area contributed by atoms with E-state index in [0.29, 0.717) is 18.3 Å². The predicted octanol–water partition coefficient (Wildman–Crippen LogP) is 5.87. The predicted molar refractivity (Wildman–Crippen MR) is 97.2 cm³/mol. The largest absolute Gasteiger partial charge is 0.481 e. The molecule has 0 aliphatic rings. The number of nitrogens with zero attached hydrogens (tertiary/aromatic N) is 1. The molecule has 0 amide bonds. The average molecular weight is 350 g/mol. The third-order valence-corrected chi connectivity index (χ3v) is 5.11. The van der Waals surface area contributed by atoms with Crippen molar-refractivity contribution in [1.82, 2.24) is 0 Å². The van der Waals surface area contributed by atoms with E-state index >= 15 is 0 Å². The van der Waals surface area contributed by atoms with Crippen molar-refractivity contribution in [1.29, 1.82) is 5.26 Å². The van der Waals surface area contributed by atoms with Gasteiger partial charge < -0.3 is 5.11 Å². The van der Waals surface area contributed by atoms with Gasteiger partial charge in [-0.2, -0.15) is 27.9 Å². The second-order valence-electron chi connectivity index (χ2n) is 5.54. The molecular weight excluding hydrogens is 326 g/mol. The van der Waals surface area contributed by atoms with E-state index in [4.69, 9.17) is 10.4 Å². The van der Waals surface area contributed by atoms with E-state index in [1.165, 1.54) is 11.1 Å². The van der Waals surface area contributed by atoms with E-state index in [0.717, 1.165) is 12.8 Å². The number of carbonyl (C=O) groups is 1. The summed E-state index contributed by atoms with van der Waals surface area (Å²) < 4.78 is 0. The van der Waals surface area contributed by atoms with Gasteiger partial charge >= 0.3 is 5.97 Å². The molecule has 0 radical (unpaired) electrons. The maximum atomic E-state index is 10.3. The van der Waals surface area contributed by atoms with E-state index in [1.54, 1.807) is 22.7 Å². The quantitative estimate of drug-likeness (QED) is 0.679. The second-order valence-corrected chi connectivity index (χ2v) is 7.10. The molecule has 1 N–H and O–H groups in total. The van der Waals surface area contributed by atoms with Gasteiger partial charge in [0, 0.05) is 12.8 Å². The second kappa shape index (κ2) is 11.0. The Balaban J connectivity index is 0.000000231. The summed E-state index contributed by atoms with van der Waals surface area (Å²) in [5.41, 5.74) is 2.62. The fraction of sp³-hybridized carbons (Fsp3) is 0.444. The van der Waals surface area contributed by atoms with Crippen LogP contribution in [0.1, 0.15) is 62.5 Å². The van der Waals surface area contributed by atoms with Crippen LogP contribution in [0, 0.1) is 11.3 Å². The third kappa shape index (κ3) is 7.96. The maximum Gasteiger partial charge on any atom is 0.303 e. The first-order valence-electron chi connectivity index (χ1n) is 7.67. The van der Waals surface area contributed by atoms with Crippen molar-refractivity contribution in [2.45, 2.75) is 51.4 Å². The van der Waals surface area contributed by atoms with E-state index in [-0.39, 0.29) is 6.42 Å². The first-order valence-corrected chi connectivity index (χ1v) is 9.56. The zero-order chi connectivity index (χ0) is 17.1. The van der Waals surface area contributed by atoms with Crippen molar-refractivity contribution in [2.75, 3.05) is 0 Å². The Labute approximate surface area is 146 Å². The number of rotatable bonds is 7.